The number of ether oxygens (including phenoxy) is 1. The van der Waals surface area contributed by atoms with Gasteiger partial charge in [-0.3, -0.25) is 4.98 Å². The molecule has 0 saturated carbocycles. The lowest BCUT2D eigenvalue weighted by atomic mass is 10.1. The maximum Gasteiger partial charge on any atom is 0.130 e. The molecule has 3 nitrogen and oxygen atoms in total. The summed E-state index contributed by atoms with van der Waals surface area (Å²) in [6.45, 7) is 7.85. The Morgan fingerprint density at radius 2 is 2.10 bits per heavy atom. The SMILES string of the molecule is CCNC(C)c1ccc(OCc2ccccn2)c(C)c1. The van der Waals surface area contributed by atoms with Crippen LogP contribution in [0.3, 0.4) is 0 Å². The van der Waals surface area contributed by atoms with Crippen molar-refractivity contribution < 1.29 is 4.74 Å². The third kappa shape index (κ3) is 3.81. The van der Waals surface area contributed by atoms with Crippen LogP contribution in [0.1, 0.15) is 36.7 Å². The summed E-state index contributed by atoms with van der Waals surface area (Å²) < 4.78 is 5.83. The number of rotatable bonds is 6. The molecule has 0 aliphatic rings. The molecule has 0 radical (unpaired) electrons. The van der Waals surface area contributed by atoms with Gasteiger partial charge in [-0.25, -0.2) is 0 Å². The van der Waals surface area contributed by atoms with Crippen molar-refractivity contribution in [1.29, 1.82) is 0 Å². The highest BCUT2D eigenvalue weighted by atomic mass is 16.5. The number of hydrogen-bond donors (Lipinski definition) is 1. The van der Waals surface area contributed by atoms with E-state index >= 15 is 0 Å². The fourth-order valence-electron chi connectivity index (χ4n) is 2.16. The number of aromatic nitrogens is 1. The maximum absolute atomic E-state index is 5.83. The Morgan fingerprint density at radius 3 is 2.75 bits per heavy atom. The lowest BCUT2D eigenvalue weighted by Gasteiger charge is -2.15. The van der Waals surface area contributed by atoms with Crippen molar-refractivity contribution >= 4 is 0 Å². The van der Waals surface area contributed by atoms with Gasteiger partial charge in [0, 0.05) is 12.2 Å². The number of aryl methyl sites for hydroxylation is 1. The predicted molar refractivity (Wildman–Crippen MR) is 81.8 cm³/mol. The lowest BCUT2D eigenvalue weighted by molar-refractivity contribution is 0.299. The van der Waals surface area contributed by atoms with Crippen LogP contribution in [-0.4, -0.2) is 11.5 Å². The van der Waals surface area contributed by atoms with Gasteiger partial charge >= 0.3 is 0 Å². The van der Waals surface area contributed by atoms with Gasteiger partial charge in [-0.1, -0.05) is 25.1 Å². The molecule has 1 unspecified atom stereocenters. The van der Waals surface area contributed by atoms with E-state index in [-0.39, 0.29) is 0 Å². The van der Waals surface area contributed by atoms with Gasteiger partial charge < -0.3 is 10.1 Å². The molecular weight excluding hydrogens is 248 g/mol. The molecule has 0 amide bonds. The first-order valence-electron chi connectivity index (χ1n) is 7.07. The first-order valence-corrected chi connectivity index (χ1v) is 7.07. The number of nitrogens with zero attached hydrogens (tertiary/aromatic N) is 1. The minimum Gasteiger partial charge on any atom is -0.487 e. The molecule has 2 rings (SSSR count). The molecule has 1 aromatic heterocycles. The van der Waals surface area contributed by atoms with Crippen LogP contribution < -0.4 is 10.1 Å². The molecule has 0 aliphatic heterocycles. The van der Waals surface area contributed by atoms with Crippen LogP contribution in [0.25, 0.3) is 0 Å². The fraction of sp³-hybridized carbons (Fsp3) is 0.353. The summed E-state index contributed by atoms with van der Waals surface area (Å²) in [4.78, 5) is 4.26. The smallest absolute Gasteiger partial charge is 0.130 e. The second-order valence-electron chi connectivity index (χ2n) is 4.91. The highest BCUT2D eigenvalue weighted by Crippen LogP contribution is 2.23. The first kappa shape index (κ1) is 14.5. The number of hydrogen-bond acceptors (Lipinski definition) is 3. The quantitative estimate of drug-likeness (QED) is 0.870. The summed E-state index contributed by atoms with van der Waals surface area (Å²) >= 11 is 0. The van der Waals surface area contributed by atoms with Crippen LogP contribution in [0, 0.1) is 6.92 Å². The average Bonchev–Trinajstić information content (AvgIpc) is 2.47. The summed E-state index contributed by atoms with van der Waals surface area (Å²) in [5.74, 6) is 0.920. The van der Waals surface area contributed by atoms with E-state index in [1.807, 2.05) is 24.3 Å². The van der Waals surface area contributed by atoms with Gasteiger partial charge in [0.15, 0.2) is 0 Å². The van der Waals surface area contributed by atoms with Gasteiger partial charge in [0.05, 0.1) is 5.69 Å². The number of pyridine rings is 1. The van der Waals surface area contributed by atoms with Crippen molar-refractivity contribution in [2.45, 2.75) is 33.4 Å². The van der Waals surface area contributed by atoms with Crippen molar-refractivity contribution in [3.8, 4) is 5.75 Å². The Kier molecular flexibility index (Phi) is 5.13. The molecule has 0 fully saturated rings. The second kappa shape index (κ2) is 7.06. The summed E-state index contributed by atoms with van der Waals surface area (Å²) in [5.41, 5.74) is 3.38. The lowest BCUT2D eigenvalue weighted by Crippen LogP contribution is -2.17. The molecule has 0 bridgehead atoms. The van der Waals surface area contributed by atoms with Crippen molar-refractivity contribution in [2.24, 2.45) is 0 Å². The van der Waals surface area contributed by atoms with Gasteiger partial charge in [0.2, 0.25) is 0 Å². The van der Waals surface area contributed by atoms with E-state index < -0.39 is 0 Å². The Labute approximate surface area is 121 Å². The minimum absolute atomic E-state index is 0.364. The zero-order valence-electron chi connectivity index (χ0n) is 12.4. The third-order valence-electron chi connectivity index (χ3n) is 3.31. The van der Waals surface area contributed by atoms with Gasteiger partial charge in [0.25, 0.3) is 0 Å². The van der Waals surface area contributed by atoms with E-state index in [1.54, 1.807) is 6.20 Å². The zero-order chi connectivity index (χ0) is 14.4. The molecule has 0 spiro atoms. The van der Waals surface area contributed by atoms with Crippen LogP contribution in [-0.2, 0) is 6.61 Å². The summed E-state index contributed by atoms with van der Waals surface area (Å²) in [7, 11) is 0. The van der Waals surface area contributed by atoms with Gasteiger partial charge in [-0.05, 0) is 49.7 Å². The Hall–Kier alpha value is -1.87. The van der Waals surface area contributed by atoms with Gasteiger partial charge in [0.1, 0.15) is 12.4 Å². The van der Waals surface area contributed by atoms with Crippen molar-refractivity contribution in [1.82, 2.24) is 10.3 Å². The number of nitrogens with one attached hydrogen (secondary N) is 1. The van der Waals surface area contributed by atoms with Crippen LogP contribution >= 0.6 is 0 Å². The predicted octanol–water partition coefficient (Wildman–Crippen LogP) is 3.64. The monoisotopic (exact) mass is 270 g/mol. The normalized spacial score (nSPS) is 12.2. The van der Waals surface area contributed by atoms with Crippen LogP contribution in [0.15, 0.2) is 42.6 Å². The molecule has 1 heterocycles. The summed E-state index contributed by atoms with van der Waals surface area (Å²) in [6.07, 6.45) is 1.78. The van der Waals surface area contributed by atoms with E-state index in [0.29, 0.717) is 12.6 Å². The molecule has 20 heavy (non-hydrogen) atoms. The molecular formula is C17H22N2O. The first-order chi connectivity index (χ1) is 9.70. The van der Waals surface area contributed by atoms with E-state index in [4.69, 9.17) is 4.74 Å². The van der Waals surface area contributed by atoms with Gasteiger partial charge in [-0.2, -0.15) is 0 Å². The molecule has 106 valence electrons. The van der Waals surface area contributed by atoms with Crippen LogP contribution in [0.4, 0.5) is 0 Å². The van der Waals surface area contributed by atoms with Crippen molar-refractivity contribution in [3.05, 3.63) is 59.4 Å². The van der Waals surface area contributed by atoms with E-state index in [1.165, 1.54) is 5.56 Å². The maximum atomic E-state index is 5.83. The second-order valence-corrected chi connectivity index (χ2v) is 4.91. The Bertz CT molecular complexity index is 540. The largest absolute Gasteiger partial charge is 0.487 e. The molecule has 2 aromatic rings. The van der Waals surface area contributed by atoms with E-state index in [0.717, 1.165) is 23.6 Å². The van der Waals surface area contributed by atoms with E-state index in [2.05, 4.69) is 43.2 Å². The highest BCUT2D eigenvalue weighted by molar-refractivity contribution is 5.37. The molecule has 1 aromatic carbocycles. The fourth-order valence-corrected chi connectivity index (χ4v) is 2.16. The standard InChI is InChI=1S/C17H22N2O/c1-4-18-14(3)15-8-9-17(13(2)11-15)20-12-16-7-5-6-10-19-16/h5-11,14,18H,4,12H2,1-3H3. The Morgan fingerprint density at radius 1 is 1.25 bits per heavy atom. The minimum atomic E-state index is 0.364. The molecule has 1 atom stereocenters. The van der Waals surface area contributed by atoms with Crippen molar-refractivity contribution in [2.75, 3.05) is 6.54 Å². The zero-order valence-corrected chi connectivity index (χ0v) is 12.4. The van der Waals surface area contributed by atoms with Gasteiger partial charge in [-0.15, -0.1) is 0 Å². The molecule has 3 heteroatoms. The Balaban J connectivity index is 2.02. The van der Waals surface area contributed by atoms with E-state index in [9.17, 15) is 0 Å². The van der Waals surface area contributed by atoms with Crippen molar-refractivity contribution in [3.63, 3.8) is 0 Å². The molecule has 1 N–H and O–H groups in total. The highest BCUT2D eigenvalue weighted by Gasteiger charge is 2.07. The number of benzene rings is 1. The van der Waals surface area contributed by atoms with Crippen LogP contribution in [0.5, 0.6) is 5.75 Å². The summed E-state index contributed by atoms with van der Waals surface area (Å²) in [6, 6.07) is 12.6. The average molecular weight is 270 g/mol. The molecule has 0 saturated heterocycles. The van der Waals surface area contributed by atoms with Crippen LogP contribution in [0.2, 0.25) is 0 Å². The third-order valence-corrected chi connectivity index (χ3v) is 3.31. The topological polar surface area (TPSA) is 34.1 Å². The molecule has 0 aliphatic carbocycles. The summed E-state index contributed by atoms with van der Waals surface area (Å²) in [5, 5.41) is 3.42.